The van der Waals surface area contributed by atoms with Crippen LogP contribution in [0.25, 0.3) is 0 Å². The Labute approximate surface area is 138 Å². The van der Waals surface area contributed by atoms with Gasteiger partial charge in [-0.2, -0.15) is 0 Å². The van der Waals surface area contributed by atoms with Gasteiger partial charge in [-0.1, -0.05) is 6.07 Å². The van der Waals surface area contributed by atoms with Crippen LogP contribution in [-0.2, 0) is 12.8 Å². The van der Waals surface area contributed by atoms with Crippen LogP contribution in [0.3, 0.4) is 0 Å². The van der Waals surface area contributed by atoms with Crippen LogP contribution in [0.1, 0.15) is 53.6 Å². The summed E-state index contributed by atoms with van der Waals surface area (Å²) in [6.07, 6.45) is 8.34. The lowest BCUT2D eigenvalue weighted by molar-refractivity contribution is 0.0681. The first-order chi connectivity index (χ1) is 10.2. The number of piperidine rings is 1. The summed E-state index contributed by atoms with van der Waals surface area (Å²) in [6, 6.07) is 7.99. The van der Waals surface area contributed by atoms with Gasteiger partial charge in [-0.3, -0.25) is 4.79 Å². The van der Waals surface area contributed by atoms with Gasteiger partial charge in [-0.05, 0) is 68.2 Å². The van der Waals surface area contributed by atoms with E-state index >= 15 is 0 Å². The molecule has 4 rings (SSSR count). The maximum absolute atomic E-state index is 12.8. The number of carbonyl (C=O) groups excluding carboxylic acids is 1. The average molecular weight is 321 g/mol. The second-order valence-electron chi connectivity index (χ2n) is 7.02. The Balaban J connectivity index is 0.00000144. The highest BCUT2D eigenvalue weighted by Gasteiger charge is 2.36. The number of benzene rings is 1. The number of fused-ring (bicyclic) bond motifs is 3. The van der Waals surface area contributed by atoms with Crippen LogP contribution in [0.2, 0.25) is 0 Å². The van der Waals surface area contributed by atoms with Crippen molar-refractivity contribution in [3.63, 3.8) is 0 Å². The van der Waals surface area contributed by atoms with Gasteiger partial charge in [0.1, 0.15) is 0 Å². The zero-order valence-corrected chi connectivity index (χ0v) is 14.0. The van der Waals surface area contributed by atoms with E-state index < -0.39 is 0 Å². The highest BCUT2D eigenvalue weighted by atomic mass is 35.5. The van der Waals surface area contributed by atoms with E-state index in [1.807, 2.05) is 18.0 Å². The Bertz CT molecular complexity index is 562. The first-order valence-corrected chi connectivity index (χ1v) is 8.36. The molecule has 120 valence electrons. The number of nitrogens with zero attached hydrogens (tertiary/aromatic N) is 1. The molecule has 0 spiro atoms. The van der Waals surface area contributed by atoms with E-state index in [1.165, 1.54) is 36.8 Å². The lowest BCUT2D eigenvalue weighted by Gasteiger charge is -2.35. The zero-order chi connectivity index (χ0) is 14.4. The molecule has 2 fully saturated rings. The Morgan fingerprint density at radius 3 is 2.55 bits per heavy atom. The first kappa shape index (κ1) is 15.8. The number of aryl methyl sites for hydroxylation is 2. The number of nitrogens with one attached hydrogen (secondary N) is 1. The third-order valence-electron chi connectivity index (χ3n) is 5.66. The monoisotopic (exact) mass is 320 g/mol. The Morgan fingerprint density at radius 1 is 1.14 bits per heavy atom. The molecule has 1 aromatic rings. The van der Waals surface area contributed by atoms with Crippen molar-refractivity contribution in [2.24, 2.45) is 0 Å². The number of amides is 1. The first-order valence-electron chi connectivity index (χ1n) is 8.36. The van der Waals surface area contributed by atoms with Crippen LogP contribution in [0.5, 0.6) is 0 Å². The Hall–Kier alpha value is -1.06. The molecule has 0 aromatic heterocycles. The minimum atomic E-state index is 0. The SMILES string of the molecule is CN(C(=O)c1ccc2c(c1)CCC2)C1CC2CCC(C1)N2.Cl. The average Bonchev–Trinajstić information content (AvgIpc) is 3.11. The van der Waals surface area contributed by atoms with Gasteiger partial charge in [-0.15, -0.1) is 12.4 Å². The van der Waals surface area contributed by atoms with Crippen LogP contribution in [0, 0.1) is 0 Å². The molecule has 1 aliphatic carbocycles. The highest BCUT2D eigenvalue weighted by molar-refractivity contribution is 5.94. The number of hydrogen-bond acceptors (Lipinski definition) is 2. The number of halogens is 1. The van der Waals surface area contributed by atoms with E-state index in [9.17, 15) is 4.79 Å². The summed E-state index contributed by atoms with van der Waals surface area (Å²) in [5.41, 5.74) is 3.71. The molecule has 2 unspecified atom stereocenters. The van der Waals surface area contributed by atoms with Gasteiger partial charge in [0.2, 0.25) is 0 Å². The Kier molecular flexibility index (Phi) is 4.47. The van der Waals surface area contributed by atoms with E-state index in [1.54, 1.807) is 0 Å². The van der Waals surface area contributed by atoms with Crippen molar-refractivity contribution in [2.45, 2.75) is 63.1 Å². The third kappa shape index (κ3) is 2.77. The molecule has 2 heterocycles. The molecule has 2 saturated heterocycles. The van der Waals surface area contributed by atoms with Crippen LogP contribution in [0.15, 0.2) is 18.2 Å². The fourth-order valence-electron chi connectivity index (χ4n) is 4.42. The van der Waals surface area contributed by atoms with Crippen molar-refractivity contribution < 1.29 is 4.79 Å². The molecule has 2 bridgehead atoms. The van der Waals surface area contributed by atoms with Crippen LogP contribution in [-0.4, -0.2) is 36.0 Å². The van der Waals surface area contributed by atoms with Crippen molar-refractivity contribution >= 4 is 18.3 Å². The number of rotatable bonds is 2. The molecule has 22 heavy (non-hydrogen) atoms. The summed E-state index contributed by atoms with van der Waals surface area (Å²) in [6.45, 7) is 0. The van der Waals surface area contributed by atoms with Crippen molar-refractivity contribution in [2.75, 3.05) is 7.05 Å². The minimum absolute atomic E-state index is 0. The normalized spacial score (nSPS) is 28.9. The van der Waals surface area contributed by atoms with E-state index in [4.69, 9.17) is 0 Å². The van der Waals surface area contributed by atoms with Gasteiger partial charge >= 0.3 is 0 Å². The van der Waals surface area contributed by atoms with E-state index in [2.05, 4.69) is 17.4 Å². The standard InChI is InChI=1S/C18H24N2O.ClH/c1-20(17-10-15-7-8-16(11-17)19-15)18(21)14-6-5-12-3-2-4-13(12)9-14;/h5-6,9,15-17,19H,2-4,7-8,10-11H2,1H3;1H. The van der Waals surface area contributed by atoms with Crippen molar-refractivity contribution in [3.8, 4) is 0 Å². The summed E-state index contributed by atoms with van der Waals surface area (Å²) in [5, 5.41) is 3.65. The fourth-order valence-corrected chi connectivity index (χ4v) is 4.42. The largest absolute Gasteiger partial charge is 0.339 e. The van der Waals surface area contributed by atoms with Gasteiger partial charge in [0.15, 0.2) is 0 Å². The number of hydrogen-bond donors (Lipinski definition) is 1. The number of carbonyl (C=O) groups is 1. The van der Waals surface area contributed by atoms with Crippen LogP contribution >= 0.6 is 12.4 Å². The lowest BCUT2D eigenvalue weighted by Crippen LogP contribution is -2.48. The maximum atomic E-state index is 12.8. The predicted octanol–water partition coefficient (Wildman–Crippen LogP) is 2.95. The maximum Gasteiger partial charge on any atom is 0.253 e. The summed E-state index contributed by atoms with van der Waals surface area (Å²) < 4.78 is 0. The summed E-state index contributed by atoms with van der Waals surface area (Å²) >= 11 is 0. The molecule has 3 nitrogen and oxygen atoms in total. The quantitative estimate of drug-likeness (QED) is 0.908. The van der Waals surface area contributed by atoms with Gasteiger partial charge in [-0.25, -0.2) is 0 Å². The van der Waals surface area contributed by atoms with E-state index in [0.29, 0.717) is 18.1 Å². The van der Waals surface area contributed by atoms with Crippen molar-refractivity contribution in [1.29, 1.82) is 0 Å². The Morgan fingerprint density at radius 2 is 1.82 bits per heavy atom. The lowest BCUT2D eigenvalue weighted by atomic mass is 9.97. The molecule has 3 aliphatic rings. The molecule has 4 heteroatoms. The van der Waals surface area contributed by atoms with Gasteiger partial charge < -0.3 is 10.2 Å². The summed E-state index contributed by atoms with van der Waals surface area (Å²) in [4.78, 5) is 14.8. The van der Waals surface area contributed by atoms with Crippen molar-refractivity contribution in [1.82, 2.24) is 10.2 Å². The smallest absolute Gasteiger partial charge is 0.253 e. The highest BCUT2D eigenvalue weighted by Crippen LogP contribution is 2.30. The molecule has 1 N–H and O–H groups in total. The molecule has 2 atom stereocenters. The zero-order valence-electron chi connectivity index (χ0n) is 13.2. The fraction of sp³-hybridized carbons (Fsp3) is 0.611. The topological polar surface area (TPSA) is 32.3 Å². The summed E-state index contributed by atoms with van der Waals surface area (Å²) in [5.74, 6) is 0.205. The molecular weight excluding hydrogens is 296 g/mol. The van der Waals surface area contributed by atoms with E-state index in [-0.39, 0.29) is 18.3 Å². The molecule has 1 amide bonds. The van der Waals surface area contributed by atoms with E-state index in [0.717, 1.165) is 24.8 Å². The van der Waals surface area contributed by atoms with Gasteiger partial charge in [0.25, 0.3) is 5.91 Å². The molecule has 2 aliphatic heterocycles. The minimum Gasteiger partial charge on any atom is -0.339 e. The molecule has 0 saturated carbocycles. The second kappa shape index (κ2) is 6.21. The van der Waals surface area contributed by atoms with Crippen molar-refractivity contribution in [3.05, 3.63) is 34.9 Å². The van der Waals surface area contributed by atoms with Crippen LogP contribution in [0.4, 0.5) is 0 Å². The van der Waals surface area contributed by atoms with Gasteiger partial charge in [0.05, 0.1) is 0 Å². The third-order valence-corrected chi connectivity index (χ3v) is 5.66. The molecule has 1 aromatic carbocycles. The predicted molar refractivity (Wildman–Crippen MR) is 90.8 cm³/mol. The molecular formula is C18H25ClN2O. The summed E-state index contributed by atoms with van der Waals surface area (Å²) in [7, 11) is 1.99. The second-order valence-corrected chi connectivity index (χ2v) is 7.02. The van der Waals surface area contributed by atoms with Crippen LogP contribution < -0.4 is 5.32 Å². The molecule has 0 radical (unpaired) electrons. The van der Waals surface area contributed by atoms with Gasteiger partial charge in [0, 0.05) is 30.7 Å².